The average molecular weight is 905 g/mol. The van der Waals surface area contributed by atoms with Crippen molar-refractivity contribution >= 4 is 23.9 Å². The first-order valence-corrected chi connectivity index (χ1v) is 26.3. The summed E-state index contributed by atoms with van der Waals surface area (Å²) in [5.74, 6) is -10.5. The fourth-order valence-corrected chi connectivity index (χ4v) is 13.0. The SMILES string of the molecule is CCCCCCCCCCCCCC(C(=O)O)(C(C(=O)O)C1CCC(C)(C)N(C)C1(C)C)C(CCCCCCCCCCCCC)(C(=O)O)C(C(=O)O)C1CCC(C)(C)N(C)C1(C)C. The Morgan fingerprint density at radius 2 is 0.688 bits per heavy atom. The molecule has 0 aromatic carbocycles. The topological polar surface area (TPSA) is 156 Å². The van der Waals surface area contributed by atoms with Crippen LogP contribution in [0.5, 0.6) is 0 Å². The van der Waals surface area contributed by atoms with Crippen LogP contribution in [-0.4, -0.2) is 90.4 Å². The van der Waals surface area contributed by atoms with Crippen LogP contribution in [-0.2, 0) is 19.2 Å². The van der Waals surface area contributed by atoms with Gasteiger partial charge in [0.2, 0.25) is 0 Å². The molecule has 2 saturated heterocycles. The Hall–Kier alpha value is -2.20. The van der Waals surface area contributed by atoms with Gasteiger partial charge in [-0.1, -0.05) is 155 Å². The van der Waals surface area contributed by atoms with E-state index in [1.165, 1.54) is 64.2 Å². The Labute approximate surface area is 391 Å². The molecule has 0 saturated carbocycles. The van der Waals surface area contributed by atoms with Crippen LogP contribution >= 0.6 is 0 Å². The van der Waals surface area contributed by atoms with Gasteiger partial charge in [0.05, 0.1) is 22.7 Å². The third-order valence-electron chi connectivity index (χ3n) is 17.8. The number of hydrogen-bond acceptors (Lipinski definition) is 6. The van der Waals surface area contributed by atoms with E-state index in [0.717, 1.165) is 51.4 Å². The zero-order chi connectivity index (χ0) is 48.6. The van der Waals surface area contributed by atoms with E-state index >= 15 is 0 Å². The molecular formula is C54H100N2O8. The maximum absolute atomic E-state index is 15.0. The molecule has 0 aromatic rings. The highest BCUT2D eigenvalue weighted by atomic mass is 16.4. The highest BCUT2D eigenvalue weighted by Gasteiger charge is 2.74. The minimum atomic E-state index is -2.43. The van der Waals surface area contributed by atoms with Crippen LogP contribution in [0.3, 0.4) is 0 Å². The molecule has 2 aliphatic heterocycles. The number of hydrogen-bond donors (Lipinski definition) is 4. The van der Waals surface area contributed by atoms with E-state index in [2.05, 4.69) is 51.3 Å². The highest BCUT2D eigenvalue weighted by Crippen LogP contribution is 2.64. The fraction of sp³-hybridized carbons (Fsp3) is 0.926. The Morgan fingerprint density at radius 1 is 0.453 bits per heavy atom. The second kappa shape index (κ2) is 25.8. The van der Waals surface area contributed by atoms with Gasteiger partial charge in [0.25, 0.3) is 0 Å². The number of carbonyl (C=O) groups is 4. The zero-order valence-corrected chi connectivity index (χ0v) is 43.4. The van der Waals surface area contributed by atoms with Crippen LogP contribution in [0, 0.1) is 34.5 Å². The average Bonchev–Trinajstić information content (AvgIpc) is 3.20. The van der Waals surface area contributed by atoms with Crippen molar-refractivity contribution in [1.82, 2.24) is 9.80 Å². The second-order valence-corrected chi connectivity index (χ2v) is 23.1. The van der Waals surface area contributed by atoms with Gasteiger partial charge in [-0.25, -0.2) is 0 Å². The summed E-state index contributed by atoms with van der Waals surface area (Å²) in [5, 5.41) is 47.9. The third-order valence-corrected chi connectivity index (χ3v) is 17.8. The van der Waals surface area contributed by atoms with Gasteiger partial charge >= 0.3 is 23.9 Å². The Bertz CT molecular complexity index is 1340. The van der Waals surface area contributed by atoms with Gasteiger partial charge in [-0.3, -0.25) is 29.0 Å². The molecule has 10 heteroatoms. The molecule has 0 radical (unpaired) electrons. The maximum Gasteiger partial charge on any atom is 0.311 e. The molecule has 2 fully saturated rings. The van der Waals surface area contributed by atoms with Crippen molar-refractivity contribution in [2.24, 2.45) is 34.5 Å². The number of rotatable bonds is 33. The van der Waals surface area contributed by atoms with Gasteiger partial charge in [-0.2, -0.15) is 0 Å². The summed E-state index contributed by atoms with van der Waals surface area (Å²) >= 11 is 0. The van der Waals surface area contributed by atoms with E-state index in [4.69, 9.17) is 0 Å². The minimum absolute atomic E-state index is 0.210. The molecule has 2 rings (SSSR count). The molecule has 6 atom stereocenters. The summed E-state index contributed by atoms with van der Waals surface area (Å²) in [7, 11) is 3.91. The van der Waals surface area contributed by atoms with Gasteiger partial charge in [0.15, 0.2) is 0 Å². The number of aliphatic carboxylic acids is 4. The molecule has 0 amide bonds. The van der Waals surface area contributed by atoms with Crippen molar-refractivity contribution in [2.45, 2.75) is 271 Å². The van der Waals surface area contributed by atoms with Crippen molar-refractivity contribution in [3.63, 3.8) is 0 Å². The van der Waals surface area contributed by atoms with Gasteiger partial charge in [0.1, 0.15) is 0 Å². The van der Waals surface area contributed by atoms with Crippen LogP contribution in [0.1, 0.15) is 249 Å². The predicted octanol–water partition coefficient (Wildman–Crippen LogP) is 13.7. The minimum Gasteiger partial charge on any atom is -0.481 e. The van der Waals surface area contributed by atoms with Gasteiger partial charge in [0, 0.05) is 22.2 Å². The molecule has 10 nitrogen and oxygen atoms in total. The molecule has 2 aliphatic rings. The molecule has 4 N–H and O–H groups in total. The van der Waals surface area contributed by atoms with Crippen LogP contribution in [0.25, 0.3) is 0 Å². The van der Waals surface area contributed by atoms with Crippen molar-refractivity contribution in [3.05, 3.63) is 0 Å². The first-order valence-electron chi connectivity index (χ1n) is 26.3. The standard InChI is InChI=1S/C54H100N2O8/c1-13-15-17-19-21-23-25-27-29-31-33-37-53(47(61)62,43(45(57)58)41-35-39-49(3,4)55(11)51(41,7)8)54(48(63)64,38-34-32-30-28-26-24-22-20-18-16-14-2)44(46(59)60)42-36-40-50(5,6)56(12)52(42,9)10/h41-44H,13-40H2,1-12H3,(H,57,58)(H,59,60)(H,61,62)(H,63,64). The van der Waals surface area contributed by atoms with E-state index in [9.17, 15) is 39.6 Å². The Kier molecular flexibility index (Phi) is 23.4. The Morgan fingerprint density at radius 3 is 0.906 bits per heavy atom. The van der Waals surface area contributed by atoms with E-state index in [1.54, 1.807) is 0 Å². The lowest BCUT2D eigenvalue weighted by atomic mass is 9.43. The molecule has 64 heavy (non-hydrogen) atoms. The molecule has 0 aliphatic carbocycles. The molecule has 0 aromatic heterocycles. The number of piperidine rings is 2. The van der Waals surface area contributed by atoms with Crippen LogP contribution < -0.4 is 0 Å². The van der Waals surface area contributed by atoms with Crippen molar-refractivity contribution in [3.8, 4) is 0 Å². The summed E-state index contributed by atoms with van der Waals surface area (Å²) < 4.78 is 0. The summed E-state index contributed by atoms with van der Waals surface area (Å²) in [4.78, 5) is 63.1. The summed E-state index contributed by atoms with van der Waals surface area (Å²) in [5.41, 5.74) is -7.21. The van der Waals surface area contributed by atoms with E-state index in [1.807, 2.05) is 41.8 Å². The quantitative estimate of drug-likeness (QED) is 0.0468. The first kappa shape index (κ1) is 57.9. The van der Waals surface area contributed by atoms with Crippen LogP contribution in [0.4, 0.5) is 0 Å². The van der Waals surface area contributed by atoms with Crippen molar-refractivity contribution in [1.29, 1.82) is 0 Å². The number of unbranched alkanes of at least 4 members (excludes halogenated alkanes) is 20. The number of carboxylic acids is 4. The largest absolute Gasteiger partial charge is 0.481 e. The smallest absolute Gasteiger partial charge is 0.311 e. The molecule has 0 spiro atoms. The van der Waals surface area contributed by atoms with E-state index in [0.29, 0.717) is 51.4 Å². The third kappa shape index (κ3) is 13.7. The van der Waals surface area contributed by atoms with Crippen molar-refractivity contribution < 1.29 is 39.6 Å². The highest BCUT2D eigenvalue weighted by molar-refractivity contribution is 5.94. The normalized spacial score (nSPS) is 23.7. The van der Waals surface area contributed by atoms with E-state index in [-0.39, 0.29) is 23.9 Å². The maximum atomic E-state index is 15.0. The zero-order valence-electron chi connectivity index (χ0n) is 43.4. The van der Waals surface area contributed by atoms with E-state index < -0.39 is 69.5 Å². The summed E-state index contributed by atoms with van der Waals surface area (Å²) in [6, 6.07) is 0. The van der Waals surface area contributed by atoms with Gasteiger partial charge in [-0.05, 0) is 120 Å². The number of likely N-dealkylation sites (tertiary alicyclic amines) is 2. The lowest BCUT2D eigenvalue weighted by Gasteiger charge is -2.62. The molecular weight excluding hydrogens is 805 g/mol. The number of carboxylic acid groups (broad SMARTS) is 4. The molecule has 6 unspecified atom stereocenters. The van der Waals surface area contributed by atoms with Crippen molar-refractivity contribution in [2.75, 3.05) is 14.1 Å². The van der Waals surface area contributed by atoms with Gasteiger partial charge < -0.3 is 20.4 Å². The second-order valence-electron chi connectivity index (χ2n) is 23.1. The van der Waals surface area contributed by atoms with Crippen LogP contribution in [0.15, 0.2) is 0 Å². The van der Waals surface area contributed by atoms with Gasteiger partial charge in [-0.15, -0.1) is 0 Å². The number of nitrogens with zero attached hydrogens (tertiary/aromatic N) is 2. The first-order chi connectivity index (χ1) is 29.9. The Balaban J connectivity index is 2.87. The lowest BCUT2D eigenvalue weighted by molar-refractivity contribution is -0.218. The predicted molar refractivity (Wildman–Crippen MR) is 262 cm³/mol. The molecule has 374 valence electrons. The molecule has 0 bridgehead atoms. The summed E-state index contributed by atoms with van der Waals surface area (Å²) in [6.45, 7) is 20.7. The van der Waals surface area contributed by atoms with Crippen LogP contribution in [0.2, 0.25) is 0 Å². The lowest BCUT2D eigenvalue weighted by Crippen LogP contribution is -2.71. The monoisotopic (exact) mass is 905 g/mol. The summed E-state index contributed by atoms with van der Waals surface area (Å²) in [6.07, 6.45) is 23.6. The molecule has 2 heterocycles. The fourth-order valence-electron chi connectivity index (χ4n) is 13.0.